The number of nitriles is 2. The first-order valence-electron chi connectivity index (χ1n) is 3.78. The van der Waals surface area contributed by atoms with Gasteiger partial charge in [-0.15, -0.1) is 0 Å². The zero-order valence-corrected chi connectivity index (χ0v) is 7.08. The highest BCUT2D eigenvalue weighted by Gasteiger charge is 2.07. The fraction of sp³-hybridized carbons (Fsp3) is 0.200. The topological polar surface area (TPSA) is 47.6 Å². The van der Waals surface area contributed by atoms with Crippen molar-refractivity contribution in [3.8, 4) is 12.1 Å². The summed E-state index contributed by atoms with van der Waals surface area (Å²) >= 11 is 0. The highest BCUT2D eigenvalue weighted by Crippen LogP contribution is 2.17. The molecule has 2 nitrogen and oxygen atoms in total. The molecule has 0 aliphatic rings. The normalized spacial score (nSPS) is 11.4. The first-order valence-corrected chi connectivity index (χ1v) is 3.78. The fourth-order valence-electron chi connectivity index (χ4n) is 0.966. The molecule has 0 saturated heterocycles. The first-order chi connectivity index (χ1) is 6.19. The molecule has 0 saturated carbocycles. The molecule has 13 heavy (non-hydrogen) atoms. The van der Waals surface area contributed by atoms with Gasteiger partial charge in [-0.3, -0.25) is 0 Å². The maximum atomic E-state index is 13.0. The Morgan fingerprint density at radius 3 is 2.54 bits per heavy atom. The highest BCUT2D eigenvalue weighted by molar-refractivity contribution is 5.35. The van der Waals surface area contributed by atoms with Crippen LogP contribution in [0.25, 0.3) is 0 Å². The second-order valence-electron chi connectivity index (χ2n) is 2.70. The van der Waals surface area contributed by atoms with Crippen molar-refractivity contribution in [2.45, 2.75) is 12.8 Å². The van der Waals surface area contributed by atoms with Gasteiger partial charge in [0.1, 0.15) is 11.9 Å². The van der Waals surface area contributed by atoms with Crippen molar-refractivity contribution in [1.82, 2.24) is 0 Å². The molecule has 0 heterocycles. The van der Waals surface area contributed by atoms with E-state index in [1.165, 1.54) is 12.1 Å². The number of rotatable bonds is 1. The van der Waals surface area contributed by atoms with Crippen molar-refractivity contribution in [3.63, 3.8) is 0 Å². The summed E-state index contributed by atoms with van der Waals surface area (Å²) in [4.78, 5) is 0. The van der Waals surface area contributed by atoms with Crippen LogP contribution in [0.5, 0.6) is 0 Å². The van der Waals surface area contributed by atoms with Crippen molar-refractivity contribution in [2.24, 2.45) is 0 Å². The summed E-state index contributed by atoms with van der Waals surface area (Å²) < 4.78 is 13.0. The standard InChI is InChI=1S/C10H7FN2/c1-7(5-12)8-2-3-9(6-13)10(11)4-8/h2-4,7H,1H3. The Balaban J connectivity index is 3.13. The summed E-state index contributed by atoms with van der Waals surface area (Å²) in [6, 6.07) is 7.93. The van der Waals surface area contributed by atoms with Gasteiger partial charge in [-0.2, -0.15) is 10.5 Å². The number of hydrogen-bond donors (Lipinski definition) is 0. The third kappa shape index (κ3) is 1.83. The van der Waals surface area contributed by atoms with Gasteiger partial charge in [-0.1, -0.05) is 6.07 Å². The monoisotopic (exact) mass is 174 g/mol. The van der Waals surface area contributed by atoms with Gasteiger partial charge < -0.3 is 0 Å². The Morgan fingerprint density at radius 2 is 2.08 bits per heavy atom. The molecule has 0 aliphatic heterocycles. The van der Waals surface area contributed by atoms with Gasteiger partial charge in [0, 0.05) is 0 Å². The minimum absolute atomic E-state index is 0.00823. The van der Waals surface area contributed by atoms with Crippen molar-refractivity contribution in [3.05, 3.63) is 35.1 Å². The summed E-state index contributed by atoms with van der Waals surface area (Å²) in [6.07, 6.45) is 0. The molecule has 1 atom stereocenters. The number of benzene rings is 1. The smallest absolute Gasteiger partial charge is 0.141 e. The molecule has 0 radical (unpaired) electrons. The average Bonchev–Trinajstić information content (AvgIpc) is 2.16. The molecule has 0 bridgehead atoms. The minimum Gasteiger partial charge on any atom is -0.206 e. The van der Waals surface area contributed by atoms with Crippen LogP contribution in [0.1, 0.15) is 24.0 Å². The Bertz CT molecular complexity index is 398. The molecule has 0 amide bonds. The summed E-state index contributed by atoms with van der Waals surface area (Å²) in [5.41, 5.74) is 0.605. The number of halogens is 1. The summed E-state index contributed by atoms with van der Waals surface area (Å²) in [5, 5.41) is 17.0. The summed E-state index contributed by atoms with van der Waals surface area (Å²) in [5.74, 6) is -0.913. The van der Waals surface area contributed by atoms with Crippen LogP contribution < -0.4 is 0 Å². The van der Waals surface area contributed by atoms with Crippen LogP contribution in [0.3, 0.4) is 0 Å². The third-order valence-corrected chi connectivity index (χ3v) is 1.81. The maximum absolute atomic E-state index is 13.0. The Labute approximate surface area is 75.8 Å². The van der Waals surface area contributed by atoms with Crippen LogP contribution in [-0.4, -0.2) is 0 Å². The second-order valence-corrected chi connectivity index (χ2v) is 2.70. The molecular weight excluding hydrogens is 167 g/mol. The van der Waals surface area contributed by atoms with Gasteiger partial charge in [0.2, 0.25) is 0 Å². The molecule has 0 spiro atoms. The Kier molecular flexibility index (Phi) is 2.62. The molecule has 0 aliphatic carbocycles. The quantitative estimate of drug-likeness (QED) is 0.655. The van der Waals surface area contributed by atoms with E-state index < -0.39 is 5.82 Å². The Hall–Kier alpha value is -1.87. The predicted molar refractivity (Wildman–Crippen MR) is 45.1 cm³/mol. The van der Waals surface area contributed by atoms with Gasteiger partial charge in [-0.05, 0) is 24.6 Å². The van der Waals surface area contributed by atoms with Crippen molar-refractivity contribution < 1.29 is 4.39 Å². The van der Waals surface area contributed by atoms with E-state index in [1.807, 2.05) is 6.07 Å². The first kappa shape index (κ1) is 9.22. The Morgan fingerprint density at radius 1 is 1.38 bits per heavy atom. The van der Waals surface area contributed by atoms with E-state index in [0.717, 1.165) is 0 Å². The second kappa shape index (κ2) is 3.69. The molecule has 64 valence electrons. The van der Waals surface area contributed by atoms with Crippen LogP contribution in [0, 0.1) is 28.5 Å². The van der Waals surface area contributed by atoms with Crippen LogP contribution in [-0.2, 0) is 0 Å². The maximum Gasteiger partial charge on any atom is 0.141 e. The van der Waals surface area contributed by atoms with E-state index in [1.54, 1.807) is 19.1 Å². The van der Waals surface area contributed by atoms with Crippen molar-refractivity contribution in [1.29, 1.82) is 10.5 Å². The van der Waals surface area contributed by atoms with Gasteiger partial charge in [0.15, 0.2) is 0 Å². The molecule has 1 aromatic carbocycles. The lowest BCUT2D eigenvalue weighted by Crippen LogP contribution is -1.92. The van der Waals surface area contributed by atoms with E-state index in [9.17, 15) is 4.39 Å². The zero-order valence-electron chi connectivity index (χ0n) is 7.08. The van der Waals surface area contributed by atoms with Gasteiger partial charge in [0.25, 0.3) is 0 Å². The molecule has 0 fully saturated rings. The van der Waals surface area contributed by atoms with Crippen molar-refractivity contribution in [2.75, 3.05) is 0 Å². The van der Waals surface area contributed by atoms with E-state index in [2.05, 4.69) is 0 Å². The predicted octanol–water partition coefficient (Wildman–Crippen LogP) is 2.32. The highest BCUT2D eigenvalue weighted by atomic mass is 19.1. The molecule has 1 unspecified atom stereocenters. The molecule has 0 aromatic heterocycles. The number of nitrogens with zero attached hydrogens (tertiary/aromatic N) is 2. The van der Waals surface area contributed by atoms with E-state index in [4.69, 9.17) is 10.5 Å². The minimum atomic E-state index is -0.567. The van der Waals surface area contributed by atoms with E-state index in [0.29, 0.717) is 5.56 Å². The molecule has 3 heteroatoms. The van der Waals surface area contributed by atoms with Crippen LogP contribution in [0.15, 0.2) is 18.2 Å². The number of hydrogen-bond acceptors (Lipinski definition) is 2. The zero-order chi connectivity index (χ0) is 9.84. The van der Waals surface area contributed by atoms with Gasteiger partial charge in [0.05, 0.1) is 17.6 Å². The van der Waals surface area contributed by atoms with E-state index >= 15 is 0 Å². The summed E-state index contributed by atoms with van der Waals surface area (Å²) in [6.45, 7) is 1.68. The van der Waals surface area contributed by atoms with Crippen LogP contribution in [0.2, 0.25) is 0 Å². The fourth-order valence-corrected chi connectivity index (χ4v) is 0.966. The lowest BCUT2D eigenvalue weighted by molar-refractivity contribution is 0.621. The lowest BCUT2D eigenvalue weighted by atomic mass is 10.0. The van der Waals surface area contributed by atoms with Crippen LogP contribution in [0.4, 0.5) is 4.39 Å². The molecule has 0 N–H and O–H groups in total. The molecular formula is C10H7FN2. The third-order valence-electron chi connectivity index (χ3n) is 1.81. The molecule has 1 rings (SSSR count). The average molecular weight is 174 g/mol. The lowest BCUT2D eigenvalue weighted by Gasteiger charge is -2.02. The van der Waals surface area contributed by atoms with E-state index in [-0.39, 0.29) is 11.5 Å². The molecule has 1 aromatic rings. The van der Waals surface area contributed by atoms with Crippen molar-refractivity contribution >= 4 is 0 Å². The van der Waals surface area contributed by atoms with Gasteiger partial charge >= 0.3 is 0 Å². The van der Waals surface area contributed by atoms with Gasteiger partial charge in [-0.25, -0.2) is 4.39 Å². The summed E-state index contributed by atoms with van der Waals surface area (Å²) in [7, 11) is 0. The van der Waals surface area contributed by atoms with Crippen LogP contribution >= 0.6 is 0 Å². The SMILES string of the molecule is CC(C#N)c1ccc(C#N)c(F)c1. The largest absolute Gasteiger partial charge is 0.206 e.